The third kappa shape index (κ3) is 10.7. The van der Waals surface area contributed by atoms with E-state index in [4.69, 9.17) is 14.2 Å². The van der Waals surface area contributed by atoms with Gasteiger partial charge < -0.3 is 29.1 Å². The highest BCUT2D eigenvalue weighted by atomic mass is 16.5. The normalized spacial score (nSPS) is 17.4. The molecule has 290 valence electrons. The summed E-state index contributed by atoms with van der Waals surface area (Å²) in [4.78, 5) is 59.0. The van der Waals surface area contributed by atoms with Gasteiger partial charge in [-0.2, -0.15) is 0 Å². The van der Waals surface area contributed by atoms with Gasteiger partial charge in [-0.05, 0) is 78.9 Å². The van der Waals surface area contributed by atoms with Crippen molar-refractivity contribution < 1.29 is 38.5 Å². The maximum atomic E-state index is 14.6. The second kappa shape index (κ2) is 20.2. The van der Waals surface area contributed by atoms with Crippen molar-refractivity contribution in [3.63, 3.8) is 0 Å². The first-order chi connectivity index (χ1) is 26.7. The van der Waals surface area contributed by atoms with E-state index in [0.717, 1.165) is 24.0 Å². The highest BCUT2D eigenvalue weighted by Gasteiger charge is 2.65. The largest absolute Gasteiger partial charge is 0.481 e. The van der Waals surface area contributed by atoms with Gasteiger partial charge in [0.15, 0.2) is 0 Å². The number of carboxylic acids is 1. The molecule has 1 aliphatic carbocycles. The SMILES string of the molecule is CCCCCOC(=O)[C@@H]1[C@@H](C(=O)O)[C@@H](C(=O)N(CCC)Cc2ccc(Oc3ccccc3)cc2)[C@@H]1C(=O)N(CCC)Cc1ccc(Oc2ccccc2)cc1. The number of nitrogens with zero attached hydrogens (tertiary/aromatic N) is 2. The highest BCUT2D eigenvalue weighted by molar-refractivity contribution is 6.00. The van der Waals surface area contributed by atoms with Crippen LogP contribution < -0.4 is 9.47 Å². The van der Waals surface area contributed by atoms with Gasteiger partial charge in [-0.25, -0.2) is 0 Å². The van der Waals surface area contributed by atoms with Crippen LogP contribution in [0.4, 0.5) is 0 Å². The summed E-state index contributed by atoms with van der Waals surface area (Å²) in [5.41, 5.74) is 1.64. The van der Waals surface area contributed by atoms with Crippen LogP contribution in [0.15, 0.2) is 109 Å². The molecule has 1 aliphatic rings. The lowest BCUT2D eigenvalue weighted by Crippen LogP contribution is -2.64. The Hall–Kier alpha value is -5.64. The number of hydrogen-bond donors (Lipinski definition) is 1. The number of ether oxygens (including phenoxy) is 3. The quantitative estimate of drug-likeness (QED) is 0.0704. The molecule has 0 radical (unpaired) electrons. The molecule has 0 saturated heterocycles. The molecule has 4 aromatic rings. The average Bonchev–Trinajstić information content (AvgIpc) is 3.18. The lowest BCUT2D eigenvalue weighted by Gasteiger charge is -2.49. The molecule has 5 rings (SSSR count). The summed E-state index contributed by atoms with van der Waals surface area (Å²) in [6.45, 7) is 7.13. The van der Waals surface area contributed by atoms with Crippen molar-refractivity contribution in [2.45, 2.75) is 66.0 Å². The van der Waals surface area contributed by atoms with Gasteiger partial charge in [-0.1, -0.05) is 94.3 Å². The van der Waals surface area contributed by atoms with Crippen LogP contribution >= 0.6 is 0 Å². The van der Waals surface area contributed by atoms with Crippen LogP contribution in [0.1, 0.15) is 64.0 Å². The number of carboxylic acid groups (broad SMARTS) is 1. The number of esters is 1. The molecule has 0 spiro atoms. The van der Waals surface area contributed by atoms with Crippen molar-refractivity contribution in [1.29, 1.82) is 0 Å². The number of para-hydroxylation sites is 2. The minimum atomic E-state index is -1.40. The summed E-state index contributed by atoms with van der Waals surface area (Å²) >= 11 is 0. The summed E-state index contributed by atoms with van der Waals surface area (Å²) in [5.74, 6) is -5.42. The maximum absolute atomic E-state index is 14.6. The molecule has 0 aliphatic heterocycles. The monoisotopic (exact) mass is 748 g/mol. The van der Waals surface area contributed by atoms with Gasteiger partial charge >= 0.3 is 11.9 Å². The molecular weight excluding hydrogens is 697 g/mol. The fraction of sp³-hybridized carbons (Fsp3) is 0.378. The summed E-state index contributed by atoms with van der Waals surface area (Å²) in [5, 5.41) is 10.5. The summed E-state index contributed by atoms with van der Waals surface area (Å²) in [6.07, 6.45) is 3.61. The first-order valence-corrected chi connectivity index (χ1v) is 19.3. The van der Waals surface area contributed by atoms with Crippen molar-refractivity contribution in [1.82, 2.24) is 9.80 Å². The number of hydrogen-bond acceptors (Lipinski definition) is 7. The van der Waals surface area contributed by atoms with E-state index in [1.807, 2.05) is 130 Å². The number of rotatable bonds is 20. The molecule has 10 nitrogen and oxygen atoms in total. The van der Waals surface area contributed by atoms with Crippen molar-refractivity contribution in [2.75, 3.05) is 19.7 Å². The minimum absolute atomic E-state index is 0.122. The summed E-state index contributed by atoms with van der Waals surface area (Å²) in [7, 11) is 0. The van der Waals surface area contributed by atoms with E-state index in [9.17, 15) is 24.3 Å². The smallest absolute Gasteiger partial charge is 0.310 e. The van der Waals surface area contributed by atoms with Crippen LogP contribution in [0.5, 0.6) is 23.0 Å². The predicted octanol–water partition coefficient (Wildman–Crippen LogP) is 8.75. The van der Waals surface area contributed by atoms with Crippen molar-refractivity contribution in [3.05, 3.63) is 120 Å². The van der Waals surface area contributed by atoms with Crippen LogP contribution in [0.3, 0.4) is 0 Å². The number of carbonyl (C=O) groups is 4. The van der Waals surface area contributed by atoms with Crippen LogP contribution in [0.2, 0.25) is 0 Å². The molecule has 0 aromatic heterocycles. The molecule has 4 aromatic carbocycles. The number of aliphatic carboxylic acids is 1. The molecule has 1 N–H and O–H groups in total. The van der Waals surface area contributed by atoms with Crippen molar-refractivity contribution in [3.8, 4) is 23.0 Å². The average molecular weight is 749 g/mol. The summed E-state index contributed by atoms with van der Waals surface area (Å²) < 4.78 is 17.5. The zero-order valence-corrected chi connectivity index (χ0v) is 32.0. The first-order valence-electron chi connectivity index (χ1n) is 19.3. The molecule has 0 bridgehead atoms. The number of unbranched alkanes of at least 4 members (excludes halogenated alkanes) is 2. The predicted molar refractivity (Wildman–Crippen MR) is 209 cm³/mol. The highest BCUT2D eigenvalue weighted by Crippen LogP contribution is 2.49. The Bertz CT molecular complexity index is 1830. The standard InChI is InChI=1S/C45H52N2O8/c1-4-7-14-29-53-45(52)41-39(43(49)47(28-6-3)31-33-21-25-37(26-22-33)55-35-17-12-9-13-18-35)38(40(41)44(50)51)42(48)46(27-5-2)30-32-19-23-36(24-20-32)54-34-15-10-8-11-16-34/h8-13,15-26,38-41H,4-7,14,27-31H2,1-3H3,(H,50,51)/t38-,39-,40-,41-/m0/s1. The van der Waals surface area contributed by atoms with Crippen LogP contribution in [-0.2, 0) is 37.0 Å². The molecule has 0 unspecified atom stereocenters. The second-order valence-corrected chi connectivity index (χ2v) is 14.0. The van der Waals surface area contributed by atoms with E-state index in [-0.39, 0.29) is 19.7 Å². The van der Waals surface area contributed by atoms with E-state index in [1.165, 1.54) is 0 Å². The molecule has 10 heteroatoms. The fourth-order valence-electron chi connectivity index (χ4n) is 7.10. The van der Waals surface area contributed by atoms with Gasteiger partial charge in [0.25, 0.3) is 0 Å². The third-order valence-electron chi connectivity index (χ3n) is 9.83. The van der Waals surface area contributed by atoms with E-state index in [0.29, 0.717) is 55.4 Å². The zero-order chi connectivity index (χ0) is 39.2. The van der Waals surface area contributed by atoms with Crippen LogP contribution in [0.25, 0.3) is 0 Å². The fourth-order valence-corrected chi connectivity index (χ4v) is 7.10. The molecular formula is C45H52N2O8. The zero-order valence-electron chi connectivity index (χ0n) is 32.0. The van der Waals surface area contributed by atoms with Crippen LogP contribution in [0, 0.1) is 23.7 Å². The Morgan fingerprint density at radius 3 is 1.35 bits per heavy atom. The van der Waals surface area contributed by atoms with Gasteiger partial charge in [0.05, 0.1) is 30.3 Å². The van der Waals surface area contributed by atoms with Gasteiger partial charge in [0.2, 0.25) is 11.8 Å². The number of benzene rings is 4. The maximum Gasteiger partial charge on any atom is 0.310 e. The van der Waals surface area contributed by atoms with Gasteiger partial charge in [-0.15, -0.1) is 0 Å². The third-order valence-corrected chi connectivity index (χ3v) is 9.83. The lowest BCUT2D eigenvalue weighted by atomic mass is 9.55. The Balaban J connectivity index is 1.39. The molecule has 1 fully saturated rings. The Morgan fingerprint density at radius 1 is 0.527 bits per heavy atom. The Morgan fingerprint density at radius 2 is 0.945 bits per heavy atom. The van der Waals surface area contributed by atoms with Crippen molar-refractivity contribution in [2.24, 2.45) is 23.7 Å². The van der Waals surface area contributed by atoms with Crippen molar-refractivity contribution >= 4 is 23.8 Å². The molecule has 1 saturated carbocycles. The molecule has 2 amide bonds. The topological polar surface area (TPSA) is 123 Å². The number of carbonyl (C=O) groups excluding carboxylic acids is 3. The Kier molecular flexibility index (Phi) is 14.9. The van der Waals surface area contributed by atoms with E-state index < -0.39 is 47.4 Å². The molecule has 4 atom stereocenters. The van der Waals surface area contributed by atoms with Crippen LogP contribution in [-0.4, -0.2) is 58.4 Å². The van der Waals surface area contributed by atoms with Gasteiger partial charge in [-0.3, -0.25) is 19.2 Å². The van der Waals surface area contributed by atoms with Gasteiger partial charge in [0, 0.05) is 26.2 Å². The molecule has 55 heavy (non-hydrogen) atoms. The number of amides is 2. The minimum Gasteiger partial charge on any atom is -0.481 e. The van der Waals surface area contributed by atoms with Gasteiger partial charge in [0.1, 0.15) is 23.0 Å². The summed E-state index contributed by atoms with van der Waals surface area (Å²) in [6, 6.07) is 33.6. The molecule has 0 heterocycles. The van der Waals surface area contributed by atoms with E-state index in [2.05, 4.69) is 0 Å². The first kappa shape index (κ1) is 40.5. The van der Waals surface area contributed by atoms with E-state index >= 15 is 0 Å². The Labute approximate surface area is 324 Å². The second-order valence-electron chi connectivity index (χ2n) is 14.0. The lowest BCUT2D eigenvalue weighted by molar-refractivity contribution is -0.190. The van der Waals surface area contributed by atoms with E-state index in [1.54, 1.807) is 9.80 Å².